The molecule has 2 aromatic rings. The smallest absolute Gasteiger partial charge is 0.227 e. The highest BCUT2D eigenvalue weighted by atomic mass is 32.2. The second-order valence-corrected chi connectivity index (χ2v) is 9.21. The van der Waals surface area contributed by atoms with Crippen molar-refractivity contribution in [1.82, 2.24) is 9.97 Å². The van der Waals surface area contributed by atoms with Crippen LogP contribution in [-0.2, 0) is 9.84 Å². The van der Waals surface area contributed by atoms with Gasteiger partial charge in [-0.15, -0.1) is 0 Å². The van der Waals surface area contributed by atoms with E-state index in [0.717, 1.165) is 22.8 Å². The fourth-order valence-corrected chi connectivity index (χ4v) is 5.15. The van der Waals surface area contributed by atoms with Crippen LogP contribution in [-0.4, -0.2) is 42.5 Å². The van der Waals surface area contributed by atoms with Crippen molar-refractivity contribution in [3.63, 3.8) is 0 Å². The zero-order valence-electron chi connectivity index (χ0n) is 15.8. The van der Waals surface area contributed by atoms with Crippen LogP contribution in [0.2, 0.25) is 0 Å². The molecule has 2 heterocycles. The first kappa shape index (κ1) is 18.6. The van der Waals surface area contributed by atoms with Crippen molar-refractivity contribution in [3.05, 3.63) is 41.1 Å². The number of rotatable bonds is 5. The number of nitrogens with zero attached hydrogens (tertiary/aromatic N) is 3. The van der Waals surface area contributed by atoms with Gasteiger partial charge in [0, 0.05) is 30.0 Å². The highest BCUT2D eigenvalue weighted by molar-refractivity contribution is 7.91. The molecule has 7 heteroatoms. The lowest BCUT2D eigenvalue weighted by Crippen LogP contribution is -2.37. The first-order valence-corrected chi connectivity index (χ1v) is 10.8. The summed E-state index contributed by atoms with van der Waals surface area (Å²) in [5.41, 5.74) is 4.22. The van der Waals surface area contributed by atoms with E-state index in [1.807, 2.05) is 30.9 Å². The Bertz CT molecular complexity index is 912. The summed E-state index contributed by atoms with van der Waals surface area (Å²) in [6.07, 6.45) is 0.632. The van der Waals surface area contributed by atoms with E-state index in [1.54, 1.807) is 0 Å². The fourth-order valence-electron chi connectivity index (χ4n) is 3.42. The molecule has 3 rings (SSSR count). The van der Waals surface area contributed by atoms with Gasteiger partial charge in [-0.1, -0.05) is 17.7 Å². The fraction of sp³-hybridized carbons (Fsp3) is 0.474. The van der Waals surface area contributed by atoms with Crippen molar-refractivity contribution < 1.29 is 8.42 Å². The molecule has 140 valence electrons. The Balaban J connectivity index is 1.89. The molecule has 0 amide bonds. The highest BCUT2D eigenvalue weighted by Crippen LogP contribution is 2.25. The van der Waals surface area contributed by atoms with E-state index in [1.165, 1.54) is 5.56 Å². The third kappa shape index (κ3) is 4.15. The lowest BCUT2D eigenvalue weighted by atomic mass is 10.1. The van der Waals surface area contributed by atoms with Crippen LogP contribution in [0.4, 0.5) is 17.5 Å². The second kappa shape index (κ2) is 7.23. The van der Waals surface area contributed by atoms with Crippen LogP contribution in [0.3, 0.4) is 0 Å². The first-order valence-electron chi connectivity index (χ1n) is 8.94. The predicted octanol–water partition coefficient (Wildman–Crippen LogP) is 3.16. The van der Waals surface area contributed by atoms with E-state index in [2.05, 4.69) is 41.3 Å². The number of nitrogens with one attached hydrogen (secondary N) is 1. The summed E-state index contributed by atoms with van der Waals surface area (Å²) in [6.45, 7) is 8.74. The molecule has 1 atom stereocenters. The maximum Gasteiger partial charge on any atom is 0.227 e. The van der Waals surface area contributed by atoms with Crippen molar-refractivity contribution >= 4 is 27.3 Å². The maximum atomic E-state index is 11.9. The van der Waals surface area contributed by atoms with E-state index in [4.69, 9.17) is 0 Å². The van der Waals surface area contributed by atoms with Gasteiger partial charge < -0.3 is 10.2 Å². The predicted molar refractivity (Wildman–Crippen MR) is 106 cm³/mol. The Labute approximate surface area is 155 Å². The average Bonchev–Trinajstić information content (AvgIpc) is 2.90. The van der Waals surface area contributed by atoms with Gasteiger partial charge in [-0.05, 0) is 45.7 Å². The minimum atomic E-state index is -2.95. The summed E-state index contributed by atoms with van der Waals surface area (Å²) >= 11 is 0. The topological polar surface area (TPSA) is 75.2 Å². The van der Waals surface area contributed by atoms with Gasteiger partial charge >= 0.3 is 0 Å². The lowest BCUT2D eigenvalue weighted by molar-refractivity contribution is 0.599. The largest absolute Gasteiger partial charge is 0.340 e. The van der Waals surface area contributed by atoms with Crippen molar-refractivity contribution in [2.24, 2.45) is 0 Å². The standard InChI is InChI=1S/C19H26N4O2S/c1-5-23(16-8-9-26(24,25)12-16)19-20-15(4)11-18(22-19)21-17-7-6-13(2)10-14(17)3/h6-7,10-11,16H,5,8-9,12H2,1-4H3,(H,20,21,22). The number of anilines is 3. The van der Waals surface area contributed by atoms with E-state index in [9.17, 15) is 8.42 Å². The summed E-state index contributed by atoms with van der Waals surface area (Å²) in [5.74, 6) is 1.73. The molecule has 1 unspecified atom stereocenters. The van der Waals surface area contributed by atoms with E-state index in [-0.39, 0.29) is 17.5 Å². The quantitative estimate of drug-likeness (QED) is 0.866. The van der Waals surface area contributed by atoms with Crippen molar-refractivity contribution in [3.8, 4) is 0 Å². The minimum absolute atomic E-state index is 0.0549. The molecule has 1 aromatic carbocycles. The van der Waals surface area contributed by atoms with Crippen LogP contribution in [0.15, 0.2) is 24.3 Å². The molecule has 0 saturated carbocycles. The Hall–Kier alpha value is -2.15. The molecule has 1 aromatic heterocycles. The summed E-state index contributed by atoms with van der Waals surface area (Å²) in [4.78, 5) is 11.2. The van der Waals surface area contributed by atoms with Crippen molar-refractivity contribution in [2.75, 3.05) is 28.3 Å². The summed E-state index contributed by atoms with van der Waals surface area (Å²) < 4.78 is 23.7. The molecule has 1 aliphatic heterocycles. The lowest BCUT2D eigenvalue weighted by Gasteiger charge is -2.27. The highest BCUT2D eigenvalue weighted by Gasteiger charge is 2.33. The van der Waals surface area contributed by atoms with Gasteiger partial charge in [0.1, 0.15) is 5.82 Å². The van der Waals surface area contributed by atoms with Crippen LogP contribution in [0.1, 0.15) is 30.2 Å². The van der Waals surface area contributed by atoms with Crippen molar-refractivity contribution in [1.29, 1.82) is 0 Å². The molecule has 1 fully saturated rings. The van der Waals surface area contributed by atoms with Gasteiger partial charge in [0.25, 0.3) is 0 Å². The zero-order valence-corrected chi connectivity index (χ0v) is 16.6. The monoisotopic (exact) mass is 374 g/mol. The van der Waals surface area contributed by atoms with E-state index in [0.29, 0.717) is 18.9 Å². The van der Waals surface area contributed by atoms with Crippen LogP contribution in [0.25, 0.3) is 0 Å². The molecule has 26 heavy (non-hydrogen) atoms. The van der Waals surface area contributed by atoms with Gasteiger partial charge in [-0.2, -0.15) is 4.98 Å². The normalized spacial score (nSPS) is 18.7. The first-order chi connectivity index (χ1) is 12.3. The SMILES string of the molecule is CCN(c1nc(C)cc(Nc2ccc(C)cc2C)n1)C1CCS(=O)(=O)C1. The van der Waals surface area contributed by atoms with Gasteiger partial charge in [0.05, 0.1) is 11.5 Å². The molecule has 0 radical (unpaired) electrons. The summed E-state index contributed by atoms with van der Waals surface area (Å²) in [6, 6.07) is 8.08. The summed E-state index contributed by atoms with van der Waals surface area (Å²) in [7, 11) is -2.95. The molecule has 1 N–H and O–H groups in total. The Kier molecular flexibility index (Phi) is 5.18. The van der Waals surface area contributed by atoms with Crippen LogP contribution >= 0.6 is 0 Å². The zero-order chi connectivity index (χ0) is 18.9. The molecule has 0 bridgehead atoms. The Morgan fingerprint density at radius 3 is 2.58 bits per heavy atom. The van der Waals surface area contributed by atoms with E-state index < -0.39 is 9.84 Å². The van der Waals surface area contributed by atoms with Gasteiger partial charge in [0.15, 0.2) is 9.84 Å². The molecule has 0 aliphatic carbocycles. The van der Waals surface area contributed by atoms with Gasteiger partial charge in [-0.3, -0.25) is 0 Å². The molecule has 1 saturated heterocycles. The van der Waals surface area contributed by atoms with Crippen LogP contribution < -0.4 is 10.2 Å². The third-order valence-corrected chi connectivity index (χ3v) is 6.48. The second-order valence-electron chi connectivity index (χ2n) is 6.98. The van der Waals surface area contributed by atoms with Crippen LogP contribution in [0.5, 0.6) is 0 Å². The van der Waals surface area contributed by atoms with E-state index >= 15 is 0 Å². The maximum absolute atomic E-state index is 11.9. The number of aromatic nitrogens is 2. The Morgan fingerprint density at radius 2 is 1.96 bits per heavy atom. The molecular weight excluding hydrogens is 348 g/mol. The number of hydrogen-bond donors (Lipinski definition) is 1. The number of aryl methyl sites for hydroxylation is 3. The average molecular weight is 375 g/mol. The third-order valence-electron chi connectivity index (χ3n) is 4.73. The van der Waals surface area contributed by atoms with Gasteiger partial charge in [0.2, 0.25) is 5.95 Å². The number of sulfone groups is 1. The number of benzene rings is 1. The van der Waals surface area contributed by atoms with Crippen molar-refractivity contribution in [2.45, 2.75) is 40.2 Å². The molecule has 0 spiro atoms. The molecule has 1 aliphatic rings. The Morgan fingerprint density at radius 1 is 1.19 bits per heavy atom. The summed E-state index contributed by atoms with van der Waals surface area (Å²) in [5, 5.41) is 3.37. The van der Waals surface area contributed by atoms with Gasteiger partial charge in [-0.25, -0.2) is 13.4 Å². The number of hydrogen-bond acceptors (Lipinski definition) is 6. The minimum Gasteiger partial charge on any atom is -0.340 e. The van der Waals surface area contributed by atoms with Crippen LogP contribution in [0, 0.1) is 20.8 Å². The molecular formula is C19H26N4O2S. The molecule has 6 nitrogen and oxygen atoms in total.